The third-order valence-corrected chi connectivity index (χ3v) is 3.81. The molecule has 0 aliphatic rings. The molecule has 0 aliphatic carbocycles. The summed E-state index contributed by atoms with van der Waals surface area (Å²) in [4.78, 5) is 0. The third kappa shape index (κ3) is 2.96. The molecule has 0 fully saturated rings. The van der Waals surface area contributed by atoms with Crippen LogP contribution in [-0.4, -0.2) is 28.1 Å². The Morgan fingerprint density at radius 2 is 1.73 bits per heavy atom. The van der Waals surface area contributed by atoms with Crippen molar-refractivity contribution in [3.05, 3.63) is 59.5 Å². The Kier molecular flexibility index (Phi) is 4.31. The first-order valence-corrected chi connectivity index (χ1v) is 7.12. The van der Waals surface area contributed by atoms with E-state index in [4.69, 9.17) is 0 Å². The second-order valence-corrected chi connectivity index (χ2v) is 5.49. The number of halogens is 6. The van der Waals surface area contributed by atoms with Gasteiger partial charge in [-0.25, -0.2) is 8.78 Å². The summed E-state index contributed by atoms with van der Waals surface area (Å²) in [5.41, 5.74) is -3.80. The molecule has 138 valence electrons. The number of aromatic amines is 1. The van der Waals surface area contributed by atoms with Crippen molar-refractivity contribution in [1.29, 1.82) is 0 Å². The summed E-state index contributed by atoms with van der Waals surface area (Å²) in [5, 5.41) is 16.7. The number of ether oxygens (including phenoxy) is 1. The van der Waals surface area contributed by atoms with Gasteiger partial charge in [0.15, 0.2) is 17.4 Å². The average molecular weight is 376 g/mol. The zero-order valence-corrected chi connectivity index (χ0v) is 12.7. The summed E-state index contributed by atoms with van der Waals surface area (Å²) in [6.45, 7) is -1.59. The fourth-order valence-electron chi connectivity index (χ4n) is 2.35. The van der Waals surface area contributed by atoms with E-state index in [0.29, 0.717) is 17.6 Å². The second kappa shape index (κ2) is 6.20. The molecule has 4 nitrogen and oxygen atoms in total. The Bertz CT molecular complexity index is 956. The van der Waals surface area contributed by atoms with Gasteiger partial charge in [0, 0.05) is 5.39 Å². The molecular weight excluding hydrogens is 366 g/mol. The molecule has 1 atom stereocenters. The van der Waals surface area contributed by atoms with E-state index in [0.717, 1.165) is 12.1 Å². The van der Waals surface area contributed by atoms with E-state index in [-0.39, 0.29) is 5.39 Å². The number of nitrogens with zero attached hydrogens (tertiary/aromatic N) is 1. The average Bonchev–Trinajstić information content (AvgIpc) is 3.04. The maximum absolute atomic E-state index is 13.6. The van der Waals surface area contributed by atoms with E-state index in [1.807, 2.05) is 0 Å². The first kappa shape index (κ1) is 18.1. The Balaban J connectivity index is 2.00. The van der Waals surface area contributed by atoms with Gasteiger partial charge < -0.3 is 9.84 Å². The van der Waals surface area contributed by atoms with Gasteiger partial charge in [0.25, 0.3) is 0 Å². The van der Waals surface area contributed by atoms with Crippen LogP contribution in [0.4, 0.5) is 26.3 Å². The number of hydrogen-bond acceptors (Lipinski definition) is 3. The third-order valence-electron chi connectivity index (χ3n) is 3.81. The minimum atomic E-state index is -5.25. The van der Waals surface area contributed by atoms with Crippen molar-refractivity contribution in [2.75, 3.05) is 6.61 Å². The number of aliphatic hydroxyl groups is 1. The van der Waals surface area contributed by atoms with E-state index in [9.17, 15) is 31.4 Å². The Morgan fingerprint density at radius 1 is 1.04 bits per heavy atom. The molecule has 1 heterocycles. The molecule has 2 aromatic carbocycles. The van der Waals surface area contributed by atoms with Gasteiger partial charge in [-0.15, -0.1) is 0 Å². The Labute approximate surface area is 142 Å². The minimum absolute atomic E-state index is 0.272. The van der Waals surface area contributed by atoms with Crippen LogP contribution in [0, 0.1) is 17.5 Å². The van der Waals surface area contributed by atoms with Crippen molar-refractivity contribution >= 4 is 10.9 Å². The van der Waals surface area contributed by atoms with Crippen molar-refractivity contribution in [2.45, 2.75) is 11.8 Å². The lowest BCUT2D eigenvalue weighted by atomic mass is 9.93. The number of fused-ring (bicyclic) bond motifs is 1. The quantitative estimate of drug-likeness (QED) is 0.538. The van der Waals surface area contributed by atoms with Gasteiger partial charge in [-0.2, -0.15) is 22.7 Å². The minimum Gasteiger partial charge on any atom is -0.484 e. The highest BCUT2D eigenvalue weighted by atomic mass is 19.4. The number of alkyl halides is 3. The van der Waals surface area contributed by atoms with E-state index < -0.39 is 47.1 Å². The molecule has 0 saturated heterocycles. The molecule has 1 aromatic heterocycles. The van der Waals surface area contributed by atoms with Crippen LogP contribution in [0.5, 0.6) is 5.75 Å². The Morgan fingerprint density at radius 3 is 2.42 bits per heavy atom. The SMILES string of the molecule is OC(COc1c(F)ccc(F)c1F)(c1ccc2[nH]ncc2c1)C(F)(F)F. The van der Waals surface area contributed by atoms with Crippen LogP contribution in [0.2, 0.25) is 0 Å². The lowest BCUT2D eigenvalue weighted by Gasteiger charge is -2.31. The molecule has 26 heavy (non-hydrogen) atoms. The van der Waals surface area contributed by atoms with Gasteiger partial charge >= 0.3 is 6.18 Å². The highest BCUT2D eigenvalue weighted by Crippen LogP contribution is 2.40. The summed E-state index contributed by atoms with van der Waals surface area (Å²) in [6, 6.07) is 4.18. The van der Waals surface area contributed by atoms with Gasteiger partial charge in [0.05, 0.1) is 11.7 Å². The van der Waals surface area contributed by atoms with E-state index in [1.165, 1.54) is 12.3 Å². The van der Waals surface area contributed by atoms with Crippen LogP contribution in [0.15, 0.2) is 36.5 Å². The number of hydrogen-bond donors (Lipinski definition) is 2. The standard InChI is InChI=1S/C16H10F6N2O2/c17-10-2-3-11(18)14(13(10)19)26-7-15(25,16(20,21)22)9-1-4-12-8(5-9)6-23-24-12/h1-6,25H,7H2,(H,23,24). The molecular formula is C16H10F6N2O2. The zero-order valence-electron chi connectivity index (χ0n) is 12.7. The summed E-state index contributed by atoms with van der Waals surface area (Å²) >= 11 is 0. The van der Waals surface area contributed by atoms with Gasteiger partial charge in [0.2, 0.25) is 11.4 Å². The van der Waals surface area contributed by atoms with E-state index in [2.05, 4.69) is 14.9 Å². The number of benzene rings is 2. The summed E-state index contributed by atoms with van der Waals surface area (Å²) < 4.78 is 85.3. The molecule has 0 bridgehead atoms. The zero-order chi connectivity index (χ0) is 19.1. The topological polar surface area (TPSA) is 58.1 Å². The van der Waals surface area contributed by atoms with Crippen molar-refractivity contribution in [2.24, 2.45) is 0 Å². The smallest absolute Gasteiger partial charge is 0.424 e. The Hall–Kier alpha value is -2.75. The molecule has 2 N–H and O–H groups in total. The molecule has 0 amide bonds. The predicted octanol–water partition coefficient (Wildman–Crippen LogP) is 3.81. The maximum atomic E-state index is 13.6. The van der Waals surface area contributed by atoms with E-state index >= 15 is 0 Å². The van der Waals surface area contributed by atoms with E-state index in [1.54, 1.807) is 0 Å². The summed E-state index contributed by atoms with van der Waals surface area (Å²) in [6.07, 6.45) is -4.01. The van der Waals surface area contributed by atoms with Gasteiger partial charge in [-0.1, -0.05) is 6.07 Å². The first-order valence-electron chi connectivity index (χ1n) is 7.12. The van der Waals surface area contributed by atoms with Crippen LogP contribution >= 0.6 is 0 Å². The molecule has 1 unspecified atom stereocenters. The van der Waals surface area contributed by atoms with Crippen molar-refractivity contribution in [1.82, 2.24) is 10.2 Å². The fraction of sp³-hybridized carbons (Fsp3) is 0.188. The molecule has 10 heteroatoms. The molecule has 0 aliphatic heterocycles. The normalized spacial score (nSPS) is 14.4. The predicted molar refractivity (Wildman–Crippen MR) is 77.9 cm³/mol. The number of H-pyrrole nitrogens is 1. The summed E-state index contributed by atoms with van der Waals surface area (Å²) in [7, 11) is 0. The molecule has 0 spiro atoms. The van der Waals surface area contributed by atoms with Crippen molar-refractivity contribution in [3.63, 3.8) is 0 Å². The van der Waals surface area contributed by atoms with Gasteiger partial charge in [-0.3, -0.25) is 5.10 Å². The van der Waals surface area contributed by atoms with Crippen LogP contribution in [0.1, 0.15) is 5.56 Å². The van der Waals surface area contributed by atoms with Crippen molar-refractivity contribution in [3.8, 4) is 5.75 Å². The number of rotatable bonds is 4. The highest BCUT2D eigenvalue weighted by Gasteiger charge is 2.56. The van der Waals surface area contributed by atoms with Gasteiger partial charge in [0.1, 0.15) is 6.61 Å². The largest absolute Gasteiger partial charge is 0.484 e. The lowest BCUT2D eigenvalue weighted by molar-refractivity contribution is -0.275. The fourth-order valence-corrected chi connectivity index (χ4v) is 2.35. The molecule has 0 saturated carbocycles. The van der Waals surface area contributed by atoms with Crippen LogP contribution in [-0.2, 0) is 5.60 Å². The van der Waals surface area contributed by atoms with Crippen LogP contribution < -0.4 is 4.74 Å². The summed E-state index contributed by atoms with van der Waals surface area (Å²) in [5.74, 6) is -6.05. The van der Waals surface area contributed by atoms with Crippen LogP contribution in [0.3, 0.4) is 0 Å². The lowest BCUT2D eigenvalue weighted by Crippen LogP contribution is -2.47. The first-order chi connectivity index (χ1) is 12.1. The highest BCUT2D eigenvalue weighted by molar-refractivity contribution is 5.78. The maximum Gasteiger partial charge on any atom is 0.424 e. The molecule has 3 rings (SSSR count). The second-order valence-electron chi connectivity index (χ2n) is 5.49. The van der Waals surface area contributed by atoms with Gasteiger partial charge in [-0.05, 0) is 29.8 Å². The monoisotopic (exact) mass is 376 g/mol. The number of aromatic nitrogens is 2. The van der Waals surface area contributed by atoms with Crippen LogP contribution in [0.25, 0.3) is 10.9 Å². The van der Waals surface area contributed by atoms with Crippen molar-refractivity contribution < 1.29 is 36.2 Å². The molecule has 0 radical (unpaired) electrons. The number of nitrogens with one attached hydrogen (secondary N) is 1. The molecule has 3 aromatic rings.